The lowest BCUT2D eigenvalue weighted by Gasteiger charge is -2.69. The van der Waals surface area contributed by atoms with Crippen LogP contribution in [0, 0.1) is 39.4 Å². The van der Waals surface area contributed by atoms with Gasteiger partial charge in [-0.15, -0.1) is 0 Å². The molecule has 0 bridgehead atoms. The average Bonchev–Trinajstić information content (AvgIpc) is 2.87. The van der Waals surface area contributed by atoms with Gasteiger partial charge in [0.05, 0.1) is 6.10 Å². The van der Waals surface area contributed by atoms with Crippen LogP contribution in [0.3, 0.4) is 0 Å². The van der Waals surface area contributed by atoms with Crippen LogP contribution >= 0.6 is 0 Å². The summed E-state index contributed by atoms with van der Waals surface area (Å²) in [7, 11) is 0. The van der Waals surface area contributed by atoms with Crippen molar-refractivity contribution in [3.8, 4) is 0 Å². The quantitative estimate of drug-likeness (QED) is 0.628. The summed E-state index contributed by atoms with van der Waals surface area (Å²) in [5.74, 6) is 1.68. The van der Waals surface area contributed by atoms with E-state index in [1.54, 1.807) is 6.92 Å². The minimum absolute atomic E-state index is 0.0347. The van der Waals surface area contributed by atoms with Gasteiger partial charge in [0, 0.05) is 12.3 Å². The second-order valence-corrected chi connectivity index (χ2v) is 11.7. The molecule has 4 rings (SSSR count). The van der Waals surface area contributed by atoms with E-state index < -0.39 is 0 Å². The first-order valence-corrected chi connectivity index (χ1v) is 11.3. The number of ether oxygens (including phenoxy) is 1. The zero-order valence-electron chi connectivity index (χ0n) is 18.3. The molecule has 4 aliphatic carbocycles. The van der Waals surface area contributed by atoms with Gasteiger partial charge >= 0.3 is 5.97 Å². The van der Waals surface area contributed by atoms with Crippen molar-refractivity contribution in [1.82, 2.24) is 0 Å². The third-order valence-electron chi connectivity index (χ3n) is 10.6. The number of rotatable bonds is 1. The van der Waals surface area contributed by atoms with E-state index in [1.807, 2.05) is 0 Å². The Morgan fingerprint density at radius 2 is 1.52 bits per heavy atom. The van der Waals surface area contributed by atoms with Gasteiger partial charge in [0.15, 0.2) is 0 Å². The second-order valence-electron chi connectivity index (χ2n) is 11.7. The zero-order valence-corrected chi connectivity index (χ0v) is 18.3. The molecule has 8 unspecified atom stereocenters. The molecule has 3 heteroatoms. The fraction of sp³-hybridized carbons (Fsp3) is 0.958. The van der Waals surface area contributed by atoms with E-state index in [2.05, 4.69) is 34.6 Å². The van der Waals surface area contributed by atoms with Crippen LogP contribution in [0.4, 0.5) is 0 Å². The maximum absolute atomic E-state index is 11.7. The predicted molar refractivity (Wildman–Crippen MR) is 107 cm³/mol. The summed E-state index contributed by atoms with van der Waals surface area (Å²) >= 11 is 0. The van der Waals surface area contributed by atoms with E-state index in [4.69, 9.17) is 4.74 Å². The molecule has 27 heavy (non-hydrogen) atoms. The van der Waals surface area contributed by atoms with Gasteiger partial charge in [0.2, 0.25) is 0 Å². The summed E-state index contributed by atoms with van der Waals surface area (Å²) in [6.07, 6.45) is 9.24. The Bertz CT molecular complexity index is 627. The zero-order chi connectivity index (χ0) is 19.8. The number of fused-ring (bicyclic) bond motifs is 5. The van der Waals surface area contributed by atoms with Gasteiger partial charge < -0.3 is 9.84 Å². The highest BCUT2D eigenvalue weighted by atomic mass is 16.5. The highest BCUT2D eigenvalue weighted by molar-refractivity contribution is 5.66. The third-order valence-corrected chi connectivity index (χ3v) is 10.6. The molecule has 3 nitrogen and oxygen atoms in total. The Morgan fingerprint density at radius 3 is 2.19 bits per heavy atom. The minimum atomic E-state index is -0.134. The molecular formula is C24H40O3. The normalized spacial score (nSPS) is 53.8. The average molecular weight is 377 g/mol. The van der Waals surface area contributed by atoms with E-state index in [0.717, 1.165) is 12.8 Å². The molecule has 0 saturated heterocycles. The number of esters is 1. The smallest absolute Gasteiger partial charge is 0.302 e. The molecule has 0 aromatic heterocycles. The number of aliphatic hydroxyl groups is 1. The molecule has 0 radical (unpaired) electrons. The summed E-state index contributed by atoms with van der Waals surface area (Å²) < 4.78 is 5.79. The van der Waals surface area contributed by atoms with Crippen molar-refractivity contribution < 1.29 is 14.6 Å². The molecule has 4 saturated carbocycles. The van der Waals surface area contributed by atoms with E-state index in [9.17, 15) is 9.90 Å². The maximum atomic E-state index is 11.7. The van der Waals surface area contributed by atoms with Crippen molar-refractivity contribution in [2.45, 2.75) is 105 Å². The van der Waals surface area contributed by atoms with Gasteiger partial charge in [-0.25, -0.2) is 0 Å². The Kier molecular flexibility index (Phi) is 4.36. The summed E-state index contributed by atoms with van der Waals surface area (Å²) in [6.45, 7) is 13.9. The summed E-state index contributed by atoms with van der Waals surface area (Å²) in [5.41, 5.74) is 0.949. The highest BCUT2D eigenvalue weighted by Gasteiger charge is 2.68. The van der Waals surface area contributed by atoms with Crippen LogP contribution in [0.1, 0.15) is 92.9 Å². The molecule has 8 atom stereocenters. The molecule has 0 heterocycles. The van der Waals surface area contributed by atoms with Crippen molar-refractivity contribution >= 4 is 5.97 Å². The van der Waals surface area contributed by atoms with Crippen LogP contribution in [-0.2, 0) is 9.53 Å². The molecule has 0 spiro atoms. The topological polar surface area (TPSA) is 46.5 Å². The monoisotopic (exact) mass is 376 g/mol. The number of hydrogen-bond donors (Lipinski definition) is 1. The lowest BCUT2D eigenvalue weighted by Crippen LogP contribution is -2.64. The molecule has 4 fully saturated rings. The lowest BCUT2D eigenvalue weighted by molar-refractivity contribution is -0.228. The van der Waals surface area contributed by atoms with Gasteiger partial charge in [-0.2, -0.15) is 0 Å². The molecular weight excluding hydrogens is 336 g/mol. The summed E-state index contributed by atoms with van der Waals surface area (Å²) in [5, 5.41) is 10.6. The minimum Gasteiger partial charge on any atom is -0.462 e. The Morgan fingerprint density at radius 1 is 0.852 bits per heavy atom. The highest BCUT2D eigenvalue weighted by Crippen LogP contribution is 2.74. The van der Waals surface area contributed by atoms with Gasteiger partial charge in [-0.3, -0.25) is 4.79 Å². The van der Waals surface area contributed by atoms with Gasteiger partial charge in [-0.1, -0.05) is 34.6 Å². The second kappa shape index (κ2) is 5.97. The van der Waals surface area contributed by atoms with Crippen LogP contribution in [0.15, 0.2) is 0 Å². The number of aliphatic hydroxyl groups excluding tert-OH is 1. The first-order chi connectivity index (χ1) is 12.5. The summed E-state index contributed by atoms with van der Waals surface area (Å²) in [4.78, 5) is 11.7. The van der Waals surface area contributed by atoms with E-state index >= 15 is 0 Å². The maximum Gasteiger partial charge on any atom is 0.302 e. The van der Waals surface area contributed by atoms with Crippen LogP contribution in [0.25, 0.3) is 0 Å². The Balaban J connectivity index is 1.69. The van der Waals surface area contributed by atoms with Crippen LogP contribution < -0.4 is 0 Å². The number of carbonyl (C=O) groups excluding carboxylic acids is 1. The molecule has 1 N–H and O–H groups in total. The molecule has 0 aliphatic heterocycles. The number of carbonyl (C=O) groups is 1. The van der Waals surface area contributed by atoms with Gasteiger partial charge in [-0.05, 0) is 85.4 Å². The summed E-state index contributed by atoms with van der Waals surface area (Å²) in [6, 6.07) is 0. The van der Waals surface area contributed by atoms with Crippen LogP contribution in [0.5, 0.6) is 0 Å². The van der Waals surface area contributed by atoms with Crippen molar-refractivity contribution in [3.05, 3.63) is 0 Å². The molecule has 0 aromatic carbocycles. The van der Waals surface area contributed by atoms with Gasteiger partial charge in [0.1, 0.15) is 6.10 Å². The van der Waals surface area contributed by atoms with E-state index in [1.165, 1.54) is 38.5 Å². The van der Waals surface area contributed by atoms with Crippen molar-refractivity contribution in [1.29, 1.82) is 0 Å². The van der Waals surface area contributed by atoms with Crippen molar-refractivity contribution in [2.24, 2.45) is 39.4 Å². The molecule has 0 aromatic rings. The molecule has 4 aliphatic rings. The van der Waals surface area contributed by atoms with Crippen LogP contribution in [-0.4, -0.2) is 23.3 Å². The molecule has 154 valence electrons. The van der Waals surface area contributed by atoms with Crippen LogP contribution in [0.2, 0.25) is 0 Å². The van der Waals surface area contributed by atoms with E-state index in [0.29, 0.717) is 28.6 Å². The lowest BCUT2D eigenvalue weighted by atomic mass is 9.35. The Hall–Kier alpha value is -0.570. The third kappa shape index (κ3) is 2.45. The van der Waals surface area contributed by atoms with Crippen molar-refractivity contribution in [2.75, 3.05) is 0 Å². The first kappa shape index (κ1) is 19.7. The standard InChI is InChI=1S/C24H40O3/c1-15(25)27-20-11-12-22(4)18(21(20,2)3)10-14-24(6)19(22)8-7-16-17(26)9-13-23(16,24)5/h16-20,26H,7-14H2,1-6H3. The first-order valence-electron chi connectivity index (χ1n) is 11.3. The fourth-order valence-electron chi connectivity index (χ4n) is 9.10. The SMILES string of the molecule is CC(=O)OC1CCC2(C)C(CCC3(C)C2CCC2C(O)CCC23C)C1(C)C. The Labute approximate surface area is 165 Å². The number of hydrogen-bond acceptors (Lipinski definition) is 3. The largest absolute Gasteiger partial charge is 0.462 e. The van der Waals surface area contributed by atoms with Crippen molar-refractivity contribution in [3.63, 3.8) is 0 Å². The predicted octanol–water partition coefficient (Wildman–Crippen LogP) is 5.35. The molecule has 0 amide bonds. The van der Waals surface area contributed by atoms with E-state index in [-0.39, 0.29) is 29.0 Å². The fourth-order valence-corrected chi connectivity index (χ4v) is 9.10. The van der Waals surface area contributed by atoms with Gasteiger partial charge in [0.25, 0.3) is 0 Å².